The molecular weight excluding hydrogens is 164 g/mol. The first-order valence-corrected chi connectivity index (χ1v) is 3.58. The first-order valence-electron chi connectivity index (χ1n) is 3.58. The normalized spacial score (nSPS) is 39.4. The number of ether oxygens (including phenoxy) is 2. The summed E-state index contributed by atoms with van der Waals surface area (Å²) in [5, 5.41) is 17.9. The van der Waals surface area contributed by atoms with Crippen LogP contribution >= 0.6 is 0 Å². The Bertz CT molecular complexity index is 246. The molecule has 0 amide bonds. The van der Waals surface area contributed by atoms with Gasteiger partial charge >= 0.3 is 5.97 Å². The van der Waals surface area contributed by atoms with Crippen molar-refractivity contribution in [2.45, 2.75) is 18.5 Å². The summed E-state index contributed by atoms with van der Waals surface area (Å²) in [5.41, 5.74) is 0.0799. The van der Waals surface area contributed by atoms with Crippen molar-refractivity contribution in [2.75, 3.05) is 6.61 Å². The lowest BCUT2D eigenvalue weighted by Gasteiger charge is -2.20. The van der Waals surface area contributed by atoms with E-state index in [0.29, 0.717) is 0 Å². The van der Waals surface area contributed by atoms with E-state index in [1.165, 1.54) is 6.08 Å². The van der Waals surface area contributed by atoms with Gasteiger partial charge in [0.25, 0.3) is 0 Å². The number of rotatable bonds is 1. The standard InChI is InChI=1S/C7H8O5/c8-4-1-3(6(9)10)5-2-11-7(4)12-5/h1,4-5,7-8H,2H2,(H,9,10)/t4-,5+,7+/m0/s1. The lowest BCUT2D eigenvalue weighted by molar-refractivity contribution is -0.139. The summed E-state index contributed by atoms with van der Waals surface area (Å²) in [6.07, 6.45) is -0.891. The van der Waals surface area contributed by atoms with Crippen molar-refractivity contribution >= 4 is 5.97 Å². The van der Waals surface area contributed by atoms with E-state index in [1.54, 1.807) is 0 Å². The highest BCUT2D eigenvalue weighted by atomic mass is 16.7. The Labute approximate surface area is 68.2 Å². The van der Waals surface area contributed by atoms with Crippen LogP contribution in [0.2, 0.25) is 0 Å². The summed E-state index contributed by atoms with van der Waals surface area (Å²) < 4.78 is 10.0. The maximum absolute atomic E-state index is 10.6. The maximum Gasteiger partial charge on any atom is 0.334 e. The molecule has 2 N–H and O–H groups in total. The molecule has 2 heterocycles. The van der Waals surface area contributed by atoms with E-state index in [2.05, 4.69) is 0 Å². The third-order valence-corrected chi connectivity index (χ3v) is 1.93. The van der Waals surface area contributed by atoms with Gasteiger partial charge in [0.05, 0.1) is 12.2 Å². The topological polar surface area (TPSA) is 76.0 Å². The largest absolute Gasteiger partial charge is 0.478 e. The van der Waals surface area contributed by atoms with Gasteiger partial charge in [-0.05, 0) is 6.08 Å². The third-order valence-electron chi connectivity index (χ3n) is 1.93. The fraction of sp³-hybridized carbons (Fsp3) is 0.571. The van der Waals surface area contributed by atoms with E-state index >= 15 is 0 Å². The van der Waals surface area contributed by atoms with Crippen molar-refractivity contribution in [3.63, 3.8) is 0 Å². The summed E-state index contributed by atoms with van der Waals surface area (Å²) in [5.74, 6) is -1.07. The zero-order valence-corrected chi connectivity index (χ0v) is 6.14. The second kappa shape index (κ2) is 2.55. The average molecular weight is 172 g/mol. The SMILES string of the molecule is O=C(O)C1=C[C@H](O)[C@@H]2OC[C@H]1O2. The van der Waals surface area contributed by atoms with Crippen molar-refractivity contribution in [2.24, 2.45) is 0 Å². The molecule has 1 saturated heterocycles. The maximum atomic E-state index is 10.6. The van der Waals surface area contributed by atoms with E-state index < -0.39 is 24.5 Å². The number of fused-ring (bicyclic) bond motifs is 2. The van der Waals surface area contributed by atoms with E-state index in [-0.39, 0.29) is 12.2 Å². The molecule has 2 rings (SSSR count). The highest BCUT2D eigenvalue weighted by molar-refractivity contribution is 5.88. The monoisotopic (exact) mass is 172 g/mol. The van der Waals surface area contributed by atoms with Crippen LogP contribution < -0.4 is 0 Å². The zero-order chi connectivity index (χ0) is 8.72. The van der Waals surface area contributed by atoms with Crippen LogP contribution in [-0.4, -0.2) is 41.3 Å². The number of carboxylic acid groups (broad SMARTS) is 1. The Hall–Kier alpha value is -0.910. The number of aliphatic carboxylic acids is 1. The van der Waals surface area contributed by atoms with E-state index in [4.69, 9.17) is 14.6 Å². The van der Waals surface area contributed by atoms with Gasteiger partial charge in [0.2, 0.25) is 0 Å². The summed E-state index contributed by atoms with van der Waals surface area (Å²) >= 11 is 0. The minimum absolute atomic E-state index is 0.0799. The molecule has 5 heteroatoms. The van der Waals surface area contributed by atoms with Gasteiger partial charge in [0.1, 0.15) is 12.2 Å². The molecule has 0 unspecified atom stereocenters. The third kappa shape index (κ3) is 1.03. The molecule has 2 aliphatic rings. The first-order chi connectivity index (χ1) is 5.68. The van der Waals surface area contributed by atoms with Crippen LogP contribution in [0.25, 0.3) is 0 Å². The van der Waals surface area contributed by atoms with Gasteiger partial charge in [-0.1, -0.05) is 0 Å². The quantitative estimate of drug-likeness (QED) is 0.536. The number of hydrogen-bond acceptors (Lipinski definition) is 4. The van der Waals surface area contributed by atoms with Gasteiger partial charge in [-0.3, -0.25) is 0 Å². The minimum atomic E-state index is -1.07. The molecule has 3 atom stereocenters. The minimum Gasteiger partial charge on any atom is -0.478 e. The lowest BCUT2D eigenvalue weighted by Crippen LogP contribution is -2.33. The number of carbonyl (C=O) groups is 1. The second-order valence-electron chi connectivity index (χ2n) is 2.74. The van der Waals surface area contributed by atoms with Gasteiger partial charge in [0, 0.05) is 0 Å². The molecule has 2 aliphatic heterocycles. The predicted octanol–water partition coefficient (Wildman–Crippen LogP) is -0.887. The second-order valence-corrected chi connectivity index (χ2v) is 2.74. The Kier molecular flexibility index (Phi) is 1.64. The van der Waals surface area contributed by atoms with Gasteiger partial charge in [0.15, 0.2) is 6.29 Å². The summed E-state index contributed by atoms with van der Waals surface area (Å²) in [7, 11) is 0. The smallest absolute Gasteiger partial charge is 0.334 e. The van der Waals surface area contributed by atoms with Crippen LogP contribution in [0.5, 0.6) is 0 Å². The highest BCUT2D eigenvalue weighted by Crippen LogP contribution is 2.27. The molecule has 0 aliphatic carbocycles. The Balaban J connectivity index is 2.28. The van der Waals surface area contributed by atoms with Crippen LogP contribution in [0.1, 0.15) is 0 Å². The Morgan fingerprint density at radius 3 is 3.08 bits per heavy atom. The average Bonchev–Trinajstić information content (AvgIpc) is 2.42. The van der Waals surface area contributed by atoms with Crippen molar-refractivity contribution < 1.29 is 24.5 Å². The molecule has 0 aromatic rings. The Morgan fingerprint density at radius 2 is 2.42 bits per heavy atom. The van der Waals surface area contributed by atoms with Crippen LogP contribution in [-0.2, 0) is 14.3 Å². The van der Waals surface area contributed by atoms with Gasteiger partial charge < -0.3 is 19.7 Å². The number of hydrogen-bond donors (Lipinski definition) is 2. The van der Waals surface area contributed by atoms with E-state index in [1.807, 2.05) is 0 Å². The van der Waals surface area contributed by atoms with Crippen LogP contribution in [0.15, 0.2) is 11.6 Å². The van der Waals surface area contributed by atoms with Crippen molar-refractivity contribution in [1.82, 2.24) is 0 Å². The molecule has 0 radical (unpaired) electrons. The van der Waals surface area contributed by atoms with Gasteiger partial charge in [-0.25, -0.2) is 4.79 Å². The van der Waals surface area contributed by atoms with Crippen molar-refractivity contribution in [3.8, 4) is 0 Å². The van der Waals surface area contributed by atoms with Crippen LogP contribution in [0.4, 0.5) is 0 Å². The van der Waals surface area contributed by atoms with Crippen LogP contribution in [0, 0.1) is 0 Å². The first kappa shape index (κ1) is 7.72. The summed E-state index contributed by atoms with van der Waals surface area (Å²) in [6.45, 7) is 0.208. The molecule has 0 spiro atoms. The molecule has 0 aromatic heterocycles. The molecule has 0 aromatic carbocycles. The lowest BCUT2D eigenvalue weighted by atomic mass is 10.1. The van der Waals surface area contributed by atoms with E-state index in [9.17, 15) is 9.90 Å². The summed E-state index contributed by atoms with van der Waals surface area (Å²) in [4.78, 5) is 10.6. The fourth-order valence-corrected chi connectivity index (χ4v) is 1.34. The highest BCUT2D eigenvalue weighted by Gasteiger charge is 2.40. The summed E-state index contributed by atoms with van der Waals surface area (Å²) in [6, 6.07) is 0. The fourth-order valence-electron chi connectivity index (χ4n) is 1.34. The molecule has 12 heavy (non-hydrogen) atoms. The molecular formula is C7H8O5. The zero-order valence-electron chi connectivity index (χ0n) is 6.14. The van der Waals surface area contributed by atoms with Gasteiger partial charge in [-0.2, -0.15) is 0 Å². The number of aliphatic hydroxyl groups excluding tert-OH is 1. The van der Waals surface area contributed by atoms with E-state index in [0.717, 1.165) is 0 Å². The van der Waals surface area contributed by atoms with Gasteiger partial charge in [-0.15, -0.1) is 0 Å². The molecule has 66 valence electrons. The van der Waals surface area contributed by atoms with Crippen molar-refractivity contribution in [3.05, 3.63) is 11.6 Å². The van der Waals surface area contributed by atoms with Crippen LogP contribution in [0.3, 0.4) is 0 Å². The number of aliphatic hydroxyl groups is 1. The molecule has 2 bridgehead atoms. The number of carboxylic acids is 1. The molecule has 0 saturated carbocycles. The van der Waals surface area contributed by atoms with Crippen molar-refractivity contribution in [1.29, 1.82) is 0 Å². The Morgan fingerprint density at radius 1 is 1.67 bits per heavy atom. The molecule has 1 fully saturated rings. The predicted molar refractivity (Wildman–Crippen MR) is 36.3 cm³/mol. The molecule has 5 nitrogen and oxygen atoms in total.